The van der Waals surface area contributed by atoms with E-state index in [1.165, 1.54) is 10.5 Å². The van der Waals surface area contributed by atoms with Gasteiger partial charge in [-0.25, -0.2) is 4.98 Å². The van der Waals surface area contributed by atoms with Crippen molar-refractivity contribution in [2.75, 3.05) is 19.4 Å². The molecular formula is C22H24N2O3S. The molecule has 1 amide bonds. The normalized spacial score (nSPS) is 10.8. The molecule has 6 heteroatoms. The second-order valence-electron chi connectivity index (χ2n) is 6.33. The number of ether oxygens (including phenoxy) is 1. The zero-order valence-corrected chi connectivity index (χ0v) is 16.9. The van der Waals surface area contributed by atoms with Crippen LogP contribution >= 0.6 is 11.8 Å². The molecule has 0 aliphatic heterocycles. The highest BCUT2D eigenvalue weighted by Crippen LogP contribution is 2.24. The van der Waals surface area contributed by atoms with Crippen LogP contribution < -0.4 is 5.32 Å². The first-order valence-corrected chi connectivity index (χ1v) is 10.4. The lowest BCUT2D eigenvalue weighted by molar-refractivity contribution is -0.126. The molecule has 0 spiro atoms. The molecule has 0 fully saturated rings. The van der Waals surface area contributed by atoms with E-state index >= 15 is 0 Å². The number of hydrogen-bond donors (Lipinski definition) is 1. The maximum absolute atomic E-state index is 11.9. The molecular weight excluding hydrogens is 372 g/mol. The van der Waals surface area contributed by atoms with Crippen molar-refractivity contribution in [1.29, 1.82) is 0 Å². The number of carbonyl (C=O) groups excluding carboxylic acids is 1. The van der Waals surface area contributed by atoms with E-state index in [2.05, 4.69) is 10.3 Å². The number of hydrogen-bond acceptors (Lipinski definition) is 5. The van der Waals surface area contributed by atoms with Crippen molar-refractivity contribution in [3.05, 3.63) is 71.6 Å². The summed E-state index contributed by atoms with van der Waals surface area (Å²) in [5.74, 6) is 1.13. The van der Waals surface area contributed by atoms with Crippen molar-refractivity contribution in [2.45, 2.75) is 24.8 Å². The van der Waals surface area contributed by atoms with Crippen LogP contribution in [0.15, 0.2) is 63.9 Å². The number of rotatable bonds is 9. The van der Waals surface area contributed by atoms with Crippen LogP contribution in [-0.2, 0) is 22.6 Å². The maximum Gasteiger partial charge on any atom is 0.246 e. The van der Waals surface area contributed by atoms with Crippen LogP contribution in [0.25, 0.3) is 11.5 Å². The Morgan fingerprint density at radius 2 is 1.89 bits per heavy atom. The number of amides is 1. The molecule has 1 N–H and O–H groups in total. The average molecular weight is 397 g/mol. The van der Waals surface area contributed by atoms with Crippen molar-refractivity contribution in [1.82, 2.24) is 10.3 Å². The average Bonchev–Trinajstić information content (AvgIpc) is 3.09. The number of aryl methyl sites for hydroxylation is 1. The highest BCUT2D eigenvalue weighted by atomic mass is 32.2. The minimum atomic E-state index is -0.134. The fraction of sp³-hybridized carbons (Fsp3) is 0.273. The van der Waals surface area contributed by atoms with Gasteiger partial charge in [0, 0.05) is 17.0 Å². The monoisotopic (exact) mass is 396 g/mol. The van der Waals surface area contributed by atoms with Crippen molar-refractivity contribution >= 4 is 17.7 Å². The molecule has 1 aromatic heterocycles. The smallest absolute Gasteiger partial charge is 0.246 e. The summed E-state index contributed by atoms with van der Waals surface area (Å²) in [6.07, 6.45) is 2.84. The van der Waals surface area contributed by atoms with Gasteiger partial charge in [-0.15, -0.1) is 11.8 Å². The summed E-state index contributed by atoms with van der Waals surface area (Å²) in [6.45, 7) is 2.68. The second kappa shape index (κ2) is 10.1. The van der Waals surface area contributed by atoms with Gasteiger partial charge in [0.1, 0.15) is 18.1 Å². The fourth-order valence-electron chi connectivity index (χ4n) is 2.70. The third-order valence-corrected chi connectivity index (χ3v) is 5.02. The number of carbonyl (C=O) groups is 1. The van der Waals surface area contributed by atoms with Gasteiger partial charge in [0.25, 0.3) is 0 Å². The topological polar surface area (TPSA) is 64.4 Å². The molecule has 0 unspecified atom stereocenters. The zero-order chi connectivity index (χ0) is 19.8. The van der Waals surface area contributed by atoms with Gasteiger partial charge in [-0.1, -0.05) is 30.3 Å². The minimum Gasteiger partial charge on any atom is -0.441 e. The molecule has 0 aliphatic carbocycles. The Bertz CT molecular complexity index is 892. The molecule has 0 radical (unpaired) electrons. The van der Waals surface area contributed by atoms with Crippen molar-refractivity contribution in [3.8, 4) is 11.5 Å². The van der Waals surface area contributed by atoms with Gasteiger partial charge < -0.3 is 14.5 Å². The Kier molecular flexibility index (Phi) is 7.28. The SMILES string of the molecule is CSc1ccc(-c2nc(COCC(=O)NCCc3ccccc3)c(C)o2)cc1. The van der Waals surface area contributed by atoms with Gasteiger partial charge in [0.2, 0.25) is 11.8 Å². The molecule has 0 saturated heterocycles. The maximum atomic E-state index is 11.9. The molecule has 3 rings (SSSR count). The van der Waals surface area contributed by atoms with E-state index in [0.717, 1.165) is 12.0 Å². The number of thioether (sulfide) groups is 1. The van der Waals surface area contributed by atoms with Gasteiger partial charge >= 0.3 is 0 Å². The summed E-state index contributed by atoms with van der Waals surface area (Å²) in [5.41, 5.74) is 2.83. The molecule has 0 saturated carbocycles. The third kappa shape index (κ3) is 5.71. The second-order valence-corrected chi connectivity index (χ2v) is 7.21. The molecule has 2 aromatic carbocycles. The Morgan fingerprint density at radius 3 is 2.61 bits per heavy atom. The van der Waals surface area contributed by atoms with Crippen LogP contribution in [-0.4, -0.2) is 30.3 Å². The first-order chi connectivity index (χ1) is 13.7. The highest BCUT2D eigenvalue weighted by Gasteiger charge is 2.12. The lowest BCUT2D eigenvalue weighted by Crippen LogP contribution is -2.29. The fourth-order valence-corrected chi connectivity index (χ4v) is 3.11. The number of oxazole rings is 1. The van der Waals surface area contributed by atoms with Gasteiger partial charge in [-0.2, -0.15) is 0 Å². The van der Waals surface area contributed by atoms with E-state index in [0.29, 0.717) is 23.9 Å². The Hall–Kier alpha value is -2.57. The van der Waals surface area contributed by atoms with Crippen molar-refractivity contribution < 1.29 is 13.9 Å². The minimum absolute atomic E-state index is 0.00115. The molecule has 5 nitrogen and oxygen atoms in total. The predicted molar refractivity (Wildman–Crippen MR) is 111 cm³/mol. The lowest BCUT2D eigenvalue weighted by Gasteiger charge is -2.06. The standard InChI is InChI=1S/C22H24N2O3S/c1-16-20(24-22(27-16)18-8-10-19(28-2)11-9-18)14-26-15-21(25)23-13-12-17-6-4-3-5-7-17/h3-11H,12-15H2,1-2H3,(H,23,25). The third-order valence-electron chi connectivity index (χ3n) is 4.28. The van der Waals surface area contributed by atoms with Gasteiger partial charge in [-0.3, -0.25) is 4.79 Å². The van der Waals surface area contributed by atoms with Crippen LogP contribution in [0.5, 0.6) is 0 Å². The largest absolute Gasteiger partial charge is 0.441 e. The lowest BCUT2D eigenvalue weighted by atomic mass is 10.1. The molecule has 0 aliphatic rings. The Morgan fingerprint density at radius 1 is 1.14 bits per heavy atom. The first kappa shape index (κ1) is 20.2. The predicted octanol–water partition coefficient (Wildman–Crippen LogP) is 4.25. The van der Waals surface area contributed by atoms with E-state index in [9.17, 15) is 4.79 Å². The van der Waals surface area contributed by atoms with Crippen LogP contribution in [0, 0.1) is 6.92 Å². The van der Waals surface area contributed by atoms with Crippen LogP contribution in [0.2, 0.25) is 0 Å². The molecule has 146 valence electrons. The number of nitrogens with zero attached hydrogens (tertiary/aromatic N) is 1. The highest BCUT2D eigenvalue weighted by molar-refractivity contribution is 7.98. The summed E-state index contributed by atoms with van der Waals surface area (Å²) in [6, 6.07) is 18.1. The zero-order valence-electron chi connectivity index (χ0n) is 16.1. The van der Waals surface area contributed by atoms with Gasteiger partial charge in [0.05, 0.1) is 6.61 Å². The van der Waals surface area contributed by atoms with Crippen molar-refractivity contribution in [2.24, 2.45) is 0 Å². The molecule has 28 heavy (non-hydrogen) atoms. The van der Waals surface area contributed by atoms with E-state index < -0.39 is 0 Å². The van der Waals surface area contributed by atoms with Crippen molar-refractivity contribution in [3.63, 3.8) is 0 Å². The van der Waals surface area contributed by atoms with Crippen LogP contribution in [0.1, 0.15) is 17.0 Å². The Labute approximate surface area is 169 Å². The summed E-state index contributed by atoms with van der Waals surface area (Å²) >= 11 is 1.69. The first-order valence-electron chi connectivity index (χ1n) is 9.15. The Balaban J connectivity index is 1.44. The van der Waals surface area contributed by atoms with Crippen LogP contribution in [0.3, 0.4) is 0 Å². The van der Waals surface area contributed by atoms with Gasteiger partial charge in [0.15, 0.2) is 0 Å². The van der Waals surface area contributed by atoms with E-state index in [1.807, 2.05) is 67.8 Å². The van der Waals surface area contributed by atoms with Gasteiger partial charge in [-0.05, 0) is 49.4 Å². The molecule has 0 bridgehead atoms. The number of benzene rings is 2. The molecule has 3 aromatic rings. The van der Waals surface area contributed by atoms with E-state index in [1.54, 1.807) is 11.8 Å². The summed E-state index contributed by atoms with van der Waals surface area (Å²) in [7, 11) is 0. The summed E-state index contributed by atoms with van der Waals surface area (Å²) < 4.78 is 11.3. The summed E-state index contributed by atoms with van der Waals surface area (Å²) in [5, 5.41) is 2.86. The number of aromatic nitrogens is 1. The summed E-state index contributed by atoms with van der Waals surface area (Å²) in [4.78, 5) is 17.6. The van der Waals surface area contributed by atoms with E-state index in [4.69, 9.17) is 9.15 Å². The van der Waals surface area contributed by atoms with Crippen LogP contribution in [0.4, 0.5) is 0 Å². The molecule has 1 heterocycles. The molecule has 0 atom stereocenters. The van der Waals surface area contributed by atoms with E-state index in [-0.39, 0.29) is 19.1 Å². The quantitative estimate of drug-likeness (QED) is 0.548. The number of nitrogens with one attached hydrogen (secondary N) is 1.